The van der Waals surface area contributed by atoms with Crippen molar-refractivity contribution in [1.82, 2.24) is 14.8 Å². The van der Waals surface area contributed by atoms with Crippen molar-refractivity contribution in [3.05, 3.63) is 101 Å². The number of hydrogen-bond acceptors (Lipinski definition) is 3. The zero-order valence-electron chi connectivity index (χ0n) is 20.6. The van der Waals surface area contributed by atoms with E-state index in [2.05, 4.69) is 17.1 Å². The molecule has 1 aliphatic rings. The molecule has 0 saturated heterocycles. The molecular formula is C30H30ClN3O3. The lowest BCUT2D eigenvalue weighted by molar-refractivity contribution is -0.142. The third-order valence-corrected chi connectivity index (χ3v) is 6.94. The van der Waals surface area contributed by atoms with Crippen molar-refractivity contribution in [2.75, 3.05) is 19.7 Å². The highest BCUT2D eigenvalue weighted by atomic mass is 35.5. The van der Waals surface area contributed by atoms with Gasteiger partial charge in [0.25, 0.3) is 5.91 Å². The number of para-hydroxylation sites is 1. The van der Waals surface area contributed by atoms with Crippen molar-refractivity contribution < 1.29 is 14.3 Å². The average molecular weight is 516 g/mol. The van der Waals surface area contributed by atoms with Crippen LogP contribution in [0.3, 0.4) is 0 Å². The smallest absolute Gasteiger partial charge is 0.261 e. The molecule has 5 rings (SSSR count). The number of aromatic nitrogens is 1. The summed E-state index contributed by atoms with van der Waals surface area (Å²) in [6, 6.07) is 25.2. The fourth-order valence-electron chi connectivity index (χ4n) is 4.50. The first kappa shape index (κ1) is 24.9. The molecular weight excluding hydrogens is 486 g/mol. The second-order valence-electron chi connectivity index (χ2n) is 9.41. The number of halogens is 1. The minimum atomic E-state index is -0.179. The second-order valence-corrected chi connectivity index (χ2v) is 9.84. The molecule has 1 saturated carbocycles. The third kappa shape index (κ3) is 6.52. The van der Waals surface area contributed by atoms with Crippen molar-refractivity contribution >= 4 is 34.3 Å². The topological polar surface area (TPSA) is 65.6 Å². The number of carbonyl (C=O) groups is 2. The maximum Gasteiger partial charge on any atom is 0.261 e. The Labute approximate surface area is 221 Å². The second kappa shape index (κ2) is 11.5. The molecule has 0 aliphatic heterocycles. The molecule has 6 nitrogen and oxygen atoms in total. The van der Waals surface area contributed by atoms with Gasteiger partial charge in [0.2, 0.25) is 5.91 Å². The van der Waals surface area contributed by atoms with Crippen LogP contribution in [0.5, 0.6) is 5.75 Å². The van der Waals surface area contributed by atoms with Crippen LogP contribution in [0.15, 0.2) is 85.1 Å². The van der Waals surface area contributed by atoms with Gasteiger partial charge in [0, 0.05) is 41.3 Å². The molecule has 1 N–H and O–H groups in total. The molecule has 0 bridgehead atoms. The first-order valence-corrected chi connectivity index (χ1v) is 13.0. The van der Waals surface area contributed by atoms with Gasteiger partial charge in [-0.1, -0.05) is 60.1 Å². The number of nitrogens with one attached hydrogen (secondary N) is 1. The number of benzene rings is 3. The molecule has 7 heteroatoms. The Morgan fingerprint density at radius 3 is 2.41 bits per heavy atom. The monoisotopic (exact) mass is 515 g/mol. The number of nitrogens with zero attached hydrogens (tertiary/aromatic N) is 2. The van der Waals surface area contributed by atoms with Gasteiger partial charge in [0.1, 0.15) is 12.3 Å². The van der Waals surface area contributed by atoms with Gasteiger partial charge < -0.3 is 19.5 Å². The first-order valence-electron chi connectivity index (χ1n) is 12.6. The summed E-state index contributed by atoms with van der Waals surface area (Å²) < 4.78 is 5.68. The van der Waals surface area contributed by atoms with Gasteiger partial charge in [0.05, 0.1) is 0 Å². The third-order valence-electron chi connectivity index (χ3n) is 6.68. The number of ether oxygens (including phenoxy) is 1. The van der Waals surface area contributed by atoms with Crippen LogP contribution < -0.4 is 4.74 Å². The van der Waals surface area contributed by atoms with Crippen molar-refractivity contribution in [3.63, 3.8) is 0 Å². The number of H-pyrrole nitrogens is 1. The van der Waals surface area contributed by atoms with E-state index in [0.29, 0.717) is 23.9 Å². The maximum absolute atomic E-state index is 13.6. The van der Waals surface area contributed by atoms with Crippen molar-refractivity contribution in [2.24, 2.45) is 0 Å². The van der Waals surface area contributed by atoms with E-state index in [1.165, 1.54) is 10.9 Å². The van der Waals surface area contributed by atoms with Gasteiger partial charge in [-0.05, 0) is 60.7 Å². The summed E-state index contributed by atoms with van der Waals surface area (Å²) in [6.45, 7) is 0.993. The van der Waals surface area contributed by atoms with Crippen LogP contribution in [-0.2, 0) is 22.6 Å². The minimum Gasteiger partial charge on any atom is -0.484 e. The van der Waals surface area contributed by atoms with E-state index in [4.69, 9.17) is 16.3 Å². The Hall–Kier alpha value is -3.77. The molecule has 190 valence electrons. The van der Waals surface area contributed by atoms with E-state index in [0.717, 1.165) is 30.3 Å². The van der Waals surface area contributed by atoms with Crippen LogP contribution in [0.1, 0.15) is 24.0 Å². The molecule has 0 spiro atoms. The fourth-order valence-corrected chi connectivity index (χ4v) is 4.63. The first-order chi connectivity index (χ1) is 18.1. The highest BCUT2D eigenvalue weighted by molar-refractivity contribution is 6.30. The van der Waals surface area contributed by atoms with Gasteiger partial charge >= 0.3 is 0 Å². The summed E-state index contributed by atoms with van der Waals surface area (Å²) in [6.07, 6.45) is 4.56. The van der Waals surface area contributed by atoms with E-state index in [-0.39, 0.29) is 31.0 Å². The fraction of sp³-hybridized carbons (Fsp3) is 0.267. The molecule has 1 fully saturated rings. The van der Waals surface area contributed by atoms with Gasteiger partial charge in [-0.25, -0.2) is 0 Å². The van der Waals surface area contributed by atoms with Crippen LogP contribution in [0.25, 0.3) is 10.9 Å². The molecule has 2 amide bonds. The number of carbonyl (C=O) groups excluding carboxylic acids is 2. The molecule has 1 aliphatic carbocycles. The Balaban J connectivity index is 1.27. The van der Waals surface area contributed by atoms with E-state index in [1.54, 1.807) is 29.2 Å². The van der Waals surface area contributed by atoms with E-state index < -0.39 is 0 Å². The standard InChI is InChI=1S/C30H30ClN3O3/c31-24-10-14-26(15-11-24)37-21-30(36)34(25-12-13-25)20-29(35)33(19-22-6-2-1-3-7-22)17-16-23-18-32-28-9-5-4-8-27(23)28/h1-11,14-15,18,25,32H,12-13,16-17,19-21H2. The number of fused-ring (bicyclic) bond motifs is 1. The lowest BCUT2D eigenvalue weighted by atomic mass is 10.1. The van der Waals surface area contributed by atoms with E-state index in [9.17, 15) is 9.59 Å². The van der Waals surface area contributed by atoms with Crippen molar-refractivity contribution in [2.45, 2.75) is 31.8 Å². The lowest BCUT2D eigenvalue weighted by Gasteiger charge is -2.28. The zero-order valence-corrected chi connectivity index (χ0v) is 21.4. The molecule has 37 heavy (non-hydrogen) atoms. The highest BCUT2D eigenvalue weighted by Gasteiger charge is 2.35. The molecule has 4 aromatic rings. The predicted molar refractivity (Wildman–Crippen MR) is 146 cm³/mol. The summed E-state index contributed by atoms with van der Waals surface area (Å²) in [4.78, 5) is 33.5. The van der Waals surface area contributed by atoms with Crippen LogP contribution >= 0.6 is 11.6 Å². The van der Waals surface area contributed by atoms with Gasteiger partial charge in [-0.15, -0.1) is 0 Å². The summed E-state index contributed by atoms with van der Waals surface area (Å²) >= 11 is 5.93. The summed E-state index contributed by atoms with van der Waals surface area (Å²) in [7, 11) is 0. The van der Waals surface area contributed by atoms with Crippen LogP contribution in [0.2, 0.25) is 5.02 Å². The zero-order chi connectivity index (χ0) is 25.6. The number of hydrogen-bond donors (Lipinski definition) is 1. The quantitative estimate of drug-likeness (QED) is 0.288. The SMILES string of the molecule is O=C(CN(C(=O)COc1ccc(Cl)cc1)C1CC1)N(CCc1c[nH]c2ccccc12)Cc1ccccc1. The largest absolute Gasteiger partial charge is 0.484 e. The van der Waals surface area contributed by atoms with Gasteiger partial charge in [-0.3, -0.25) is 9.59 Å². The summed E-state index contributed by atoms with van der Waals surface area (Å²) in [5.41, 5.74) is 3.32. The van der Waals surface area contributed by atoms with Crippen molar-refractivity contribution in [3.8, 4) is 5.75 Å². The van der Waals surface area contributed by atoms with Crippen LogP contribution in [0, 0.1) is 0 Å². The Morgan fingerprint density at radius 1 is 0.919 bits per heavy atom. The molecule has 0 unspecified atom stereocenters. The Kier molecular flexibility index (Phi) is 7.76. The Bertz CT molecular complexity index is 1350. The van der Waals surface area contributed by atoms with Crippen molar-refractivity contribution in [1.29, 1.82) is 0 Å². The summed E-state index contributed by atoms with van der Waals surface area (Å²) in [5.74, 6) is 0.335. The highest BCUT2D eigenvalue weighted by Crippen LogP contribution is 2.27. The van der Waals surface area contributed by atoms with E-state index >= 15 is 0 Å². The van der Waals surface area contributed by atoms with Crippen LogP contribution in [-0.4, -0.2) is 52.3 Å². The summed E-state index contributed by atoms with van der Waals surface area (Å²) in [5, 5.41) is 1.78. The molecule has 0 atom stereocenters. The average Bonchev–Trinajstić information content (AvgIpc) is 3.69. The molecule has 1 aromatic heterocycles. The maximum atomic E-state index is 13.6. The van der Waals surface area contributed by atoms with Gasteiger partial charge in [0.15, 0.2) is 6.61 Å². The predicted octanol–water partition coefficient (Wildman–Crippen LogP) is 5.46. The molecule has 0 radical (unpaired) electrons. The number of amides is 2. The Morgan fingerprint density at radius 2 is 1.65 bits per heavy atom. The van der Waals surface area contributed by atoms with E-state index in [1.807, 2.05) is 53.6 Å². The molecule has 3 aromatic carbocycles. The molecule has 1 heterocycles. The lowest BCUT2D eigenvalue weighted by Crippen LogP contribution is -2.45. The minimum absolute atomic E-state index is 0.0498. The van der Waals surface area contributed by atoms with Gasteiger partial charge in [-0.2, -0.15) is 0 Å². The number of aromatic amines is 1. The number of rotatable bonds is 11. The normalized spacial score (nSPS) is 12.9. The van der Waals surface area contributed by atoms with Crippen LogP contribution in [0.4, 0.5) is 0 Å².